The molecular weight excluding hydrogens is 314 g/mol. The monoisotopic (exact) mass is 329 g/mol. The van der Waals surface area contributed by atoms with E-state index in [9.17, 15) is 9.59 Å². The van der Waals surface area contributed by atoms with Crippen molar-refractivity contribution in [3.05, 3.63) is 28.8 Å². The Morgan fingerprint density at radius 1 is 1.52 bits per heavy atom. The molecule has 0 unspecified atom stereocenters. The van der Waals surface area contributed by atoms with Gasteiger partial charge in [-0.15, -0.1) is 0 Å². The van der Waals surface area contributed by atoms with Gasteiger partial charge in [0.25, 0.3) is 5.91 Å². The number of carbonyl (C=O) groups is 2. The van der Waals surface area contributed by atoms with Gasteiger partial charge in [0.15, 0.2) is 0 Å². The van der Waals surface area contributed by atoms with Crippen LogP contribution in [-0.2, 0) is 4.79 Å². The van der Waals surface area contributed by atoms with Gasteiger partial charge in [-0.1, -0.05) is 11.6 Å². The molecule has 0 aliphatic carbocycles. The van der Waals surface area contributed by atoms with Crippen molar-refractivity contribution in [1.82, 2.24) is 4.90 Å². The number of ether oxygens (including phenoxy) is 1. The summed E-state index contributed by atoms with van der Waals surface area (Å²) in [4.78, 5) is 25.2. The summed E-state index contributed by atoms with van der Waals surface area (Å²) in [5.41, 5.74) is 0.457. The van der Waals surface area contributed by atoms with E-state index in [0.29, 0.717) is 28.6 Å². The van der Waals surface area contributed by atoms with Crippen LogP contribution in [0.5, 0.6) is 5.75 Å². The molecule has 1 aliphatic heterocycles. The summed E-state index contributed by atoms with van der Waals surface area (Å²) in [5.74, 6) is 0.809. The number of carbonyl (C=O) groups excluding carboxylic acids is 1. The maximum atomic E-state index is 12.6. The van der Waals surface area contributed by atoms with E-state index in [0.717, 1.165) is 5.75 Å². The number of carboxylic acids is 1. The lowest BCUT2D eigenvalue weighted by molar-refractivity contribution is -0.138. The van der Waals surface area contributed by atoms with Crippen molar-refractivity contribution in [2.45, 2.75) is 12.5 Å². The van der Waals surface area contributed by atoms with Gasteiger partial charge in [0.1, 0.15) is 5.75 Å². The summed E-state index contributed by atoms with van der Waals surface area (Å²) >= 11 is 7.62. The minimum Gasteiger partial charge on any atom is -0.495 e. The number of halogens is 1. The molecule has 0 saturated carbocycles. The van der Waals surface area contributed by atoms with Crippen LogP contribution in [0.1, 0.15) is 16.8 Å². The molecule has 0 radical (unpaired) electrons. The molecule has 1 N–H and O–H groups in total. The van der Waals surface area contributed by atoms with Crippen LogP contribution in [-0.4, -0.2) is 53.1 Å². The third kappa shape index (κ3) is 3.83. The summed E-state index contributed by atoms with van der Waals surface area (Å²) in [6.45, 7) is 0.548. The van der Waals surface area contributed by atoms with Crippen molar-refractivity contribution >= 4 is 35.2 Å². The summed E-state index contributed by atoms with van der Waals surface area (Å²) in [6, 6.07) is 4.55. The van der Waals surface area contributed by atoms with E-state index in [1.807, 2.05) is 0 Å². The Morgan fingerprint density at radius 2 is 2.29 bits per heavy atom. The van der Waals surface area contributed by atoms with Crippen LogP contribution in [0.15, 0.2) is 18.2 Å². The summed E-state index contributed by atoms with van der Waals surface area (Å²) < 4.78 is 5.11. The number of hydrogen-bond donors (Lipinski definition) is 1. The number of carboxylic acid groups (broad SMARTS) is 1. The first-order valence-electron chi connectivity index (χ1n) is 6.47. The average molecular weight is 330 g/mol. The molecule has 21 heavy (non-hydrogen) atoms. The van der Waals surface area contributed by atoms with E-state index in [4.69, 9.17) is 21.4 Å². The highest BCUT2D eigenvalue weighted by atomic mass is 35.5. The number of methoxy groups -OCH3 is 1. The Kier molecular flexibility index (Phi) is 5.36. The number of nitrogens with zero attached hydrogens (tertiary/aromatic N) is 1. The largest absolute Gasteiger partial charge is 0.495 e. The van der Waals surface area contributed by atoms with Gasteiger partial charge in [-0.3, -0.25) is 9.59 Å². The summed E-state index contributed by atoms with van der Waals surface area (Å²) in [5, 5.41) is 9.41. The predicted octanol–water partition coefficient (Wildman–Crippen LogP) is 2.38. The van der Waals surface area contributed by atoms with E-state index in [2.05, 4.69) is 0 Å². The fourth-order valence-corrected chi connectivity index (χ4v) is 3.51. The highest BCUT2D eigenvalue weighted by Gasteiger charge is 2.29. The molecule has 0 aromatic heterocycles. The number of aliphatic carboxylic acids is 1. The lowest BCUT2D eigenvalue weighted by Crippen LogP contribution is -2.47. The van der Waals surface area contributed by atoms with Gasteiger partial charge in [0, 0.05) is 23.6 Å². The number of thioether (sulfide) groups is 1. The van der Waals surface area contributed by atoms with E-state index < -0.39 is 5.97 Å². The van der Waals surface area contributed by atoms with Gasteiger partial charge < -0.3 is 14.7 Å². The van der Waals surface area contributed by atoms with E-state index in [-0.39, 0.29) is 18.4 Å². The zero-order valence-corrected chi connectivity index (χ0v) is 13.1. The number of benzene rings is 1. The minimum absolute atomic E-state index is 0.0382. The second-order valence-electron chi connectivity index (χ2n) is 4.67. The number of rotatable bonds is 4. The van der Waals surface area contributed by atoms with Gasteiger partial charge in [-0.25, -0.2) is 0 Å². The zero-order valence-electron chi connectivity index (χ0n) is 11.5. The Balaban J connectivity index is 2.22. The molecule has 7 heteroatoms. The van der Waals surface area contributed by atoms with Crippen LogP contribution < -0.4 is 4.74 Å². The van der Waals surface area contributed by atoms with Gasteiger partial charge in [0.2, 0.25) is 0 Å². The fraction of sp³-hybridized carbons (Fsp3) is 0.429. The molecule has 114 valence electrons. The topological polar surface area (TPSA) is 66.8 Å². The van der Waals surface area contributed by atoms with E-state index in [1.165, 1.54) is 7.11 Å². The van der Waals surface area contributed by atoms with Crippen molar-refractivity contribution in [1.29, 1.82) is 0 Å². The first-order chi connectivity index (χ1) is 10.0. The van der Waals surface area contributed by atoms with Crippen molar-refractivity contribution in [2.24, 2.45) is 0 Å². The molecule has 1 aromatic carbocycles. The lowest BCUT2D eigenvalue weighted by atomic mass is 10.1. The van der Waals surface area contributed by atoms with Crippen LogP contribution in [0, 0.1) is 0 Å². The molecule has 0 spiro atoms. The smallest absolute Gasteiger partial charge is 0.305 e. The molecule has 1 saturated heterocycles. The van der Waals surface area contributed by atoms with E-state index >= 15 is 0 Å². The minimum atomic E-state index is -0.894. The van der Waals surface area contributed by atoms with Gasteiger partial charge in [-0.2, -0.15) is 11.8 Å². The Bertz CT molecular complexity index is 552. The molecule has 1 fully saturated rings. The van der Waals surface area contributed by atoms with Crippen molar-refractivity contribution in [3.63, 3.8) is 0 Å². The van der Waals surface area contributed by atoms with Gasteiger partial charge in [0.05, 0.1) is 24.6 Å². The molecule has 1 aliphatic rings. The molecule has 0 bridgehead atoms. The second kappa shape index (κ2) is 7.04. The van der Waals surface area contributed by atoms with Gasteiger partial charge >= 0.3 is 5.97 Å². The average Bonchev–Trinajstić information content (AvgIpc) is 2.47. The van der Waals surface area contributed by atoms with Crippen LogP contribution >= 0.6 is 23.4 Å². The molecule has 1 atom stereocenters. The number of hydrogen-bond acceptors (Lipinski definition) is 4. The van der Waals surface area contributed by atoms with Crippen molar-refractivity contribution in [2.75, 3.05) is 25.2 Å². The normalized spacial score (nSPS) is 18.4. The standard InChI is InChI=1S/C14H16ClNO4S/c1-20-12-6-9(2-3-11(12)15)14(19)16-4-5-21-8-10(16)7-13(17)18/h2-3,6,10H,4-5,7-8H2,1H3,(H,17,18)/t10-/m1/s1. The Hall–Kier alpha value is -1.40. The van der Waals surface area contributed by atoms with Crippen molar-refractivity contribution < 1.29 is 19.4 Å². The highest BCUT2D eigenvalue weighted by Crippen LogP contribution is 2.27. The third-order valence-electron chi connectivity index (χ3n) is 3.30. The molecular formula is C14H16ClNO4S. The maximum absolute atomic E-state index is 12.6. The first kappa shape index (κ1) is 16.0. The van der Waals surface area contributed by atoms with Gasteiger partial charge in [-0.05, 0) is 18.2 Å². The highest BCUT2D eigenvalue weighted by molar-refractivity contribution is 7.99. The van der Waals surface area contributed by atoms with Crippen LogP contribution in [0.25, 0.3) is 0 Å². The maximum Gasteiger partial charge on any atom is 0.305 e. The molecule has 1 amide bonds. The molecule has 2 rings (SSSR count). The summed E-state index contributed by atoms with van der Waals surface area (Å²) in [7, 11) is 1.49. The Labute approximate surface area is 132 Å². The lowest BCUT2D eigenvalue weighted by Gasteiger charge is -2.34. The SMILES string of the molecule is COc1cc(C(=O)N2CCSC[C@H]2CC(=O)O)ccc1Cl. The van der Waals surface area contributed by atoms with E-state index in [1.54, 1.807) is 34.9 Å². The second-order valence-corrected chi connectivity index (χ2v) is 6.23. The van der Waals surface area contributed by atoms with Crippen LogP contribution in [0.4, 0.5) is 0 Å². The Morgan fingerprint density at radius 3 is 2.95 bits per heavy atom. The number of amides is 1. The molecule has 5 nitrogen and oxygen atoms in total. The third-order valence-corrected chi connectivity index (χ3v) is 4.70. The summed E-state index contributed by atoms with van der Waals surface area (Å²) in [6.07, 6.45) is -0.0382. The van der Waals surface area contributed by atoms with Crippen molar-refractivity contribution in [3.8, 4) is 5.75 Å². The zero-order chi connectivity index (χ0) is 15.4. The van der Waals surface area contributed by atoms with Crippen LogP contribution in [0.2, 0.25) is 5.02 Å². The van der Waals surface area contributed by atoms with Crippen LogP contribution in [0.3, 0.4) is 0 Å². The predicted molar refractivity (Wildman–Crippen MR) is 82.4 cm³/mol. The molecule has 1 heterocycles. The molecule has 1 aromatic rings. The quantitative estimate of drug-likeness (QED) is 0.918. The fourth-order valence-electron chi connectivity index (χ4n) is 2.25. The first-order valence-corrected chi connectivity index (χ1v) is 8.00.